The van der Waals surface area contributed by atoms with Gasteiger partial charge in [-0.05, 0) is 70.3 Å². The van der Waals surface area contributed by atoms with Crippen molar-refractivity contribution in [3.8, 4) is 0 Å². The van der Waals surface area contributed by atoms with Gasteiger partial charge in [0.2, 0.25) is 5.91 Å². The third-order valence-corrected chi connectivity index (χ3v) is 3.89. The molecule has 2 N–H and O–H groups in total. The van der Waals surface area contributed by atoms with Crippen LogP contribution in [0.4, 0.5) is 4.39 Å². The van der Waals surface area contributed by atoms with Crippen molar-refractivity contribution >= 4 is 5.91 Å². The molecule has 1 aromatic carbocycles. The Morgan fingerprint density at radius 1 is 1.38 bits per heavy atom. The lowest BCUT2D eigenvalue weighted by Gasteiger charge is -2.26. The van der Waals surface area contributed by atoms with Crippen LogP contribution in [-0.2, 0) is 11.2 Å². The fourth-order valence-electron chi connectivity index (χ4n) is 1.99. The molecule has 0 radical (unpaired) electrons. The molecule has 0 saturated heterocycles. The van der Waals surface area contributed by atoms with Crippen LogP contribution in [-0.4, -0.2) is 24.0 Å². The molecule has 0 aliphatic carbocycles. The molecule has 1 rings (SSSR count). The number of hydrogen-bond donors (Lipinski definition) is 2. The Balaban J connectivity index is 2.43. The summed E-state index contributed by atoms with van der Waals surface area (Å²) >= 11 is 0. The van der Waals surface area contributed by atoms with Crippen LogP contribution in [0.15, 0.2) is 18.2 Å². The first-order valence-electron chi connectivity index (χ1n) is 7.55. The highest BCUT2D eigenvalue weighted by molar-refractivity contribution is 5.81. The highest BCUT2D eigenvalue weighted by atomic mass is 19.1. The lowest BCUT2D eigenvalue weighted by molar-refractivity contribution is -0.124. The second-order valence-corrected chi connectivity index (χ2v) is 6.22. The van der Waals surface area contributed by atoms with Crippen molar-refractivity contribution in [2.24, 2.45) is 0 Å². The van der Waals surface area contributed by atoms with Gasteiger partial charge in [-0.2, -0.15) is 0 Å². The van der Waals surface area contributed by atoms with E-state index in [1.165, 1.54) is 12.1 Å². The molecule has 1 atom stereocenters. The number of carbonyl (C=O) groups is 1. The Kier molecular flexibility index (Phi) is 6.34. The molecule has 1 unspecified atom stereocenters. The normalized spacial score (nSPS) is 13.0. The summed E-state index contributed by atoms with van der Waals surface area (Å²) in [7, 11) is 0. The van der Waals surface area contributed by atoms with E-state index in [1.807, 2.05) is 27.7 Å². The largest absolute Gasteiger partial charge is 0.350 e. The molecular formula is C17H27FN2O. The molecule has 3 nitrogen and oxygen atoms in total. The Hall–Kier alpha value is -1.42. The molecule has 1 amide bonds. The van der Waals surface area contributed by atoms with E-state index in [-0.39, 0.29) is 23.3 Å². The molecule has 0 fully saturated rings. The van der Waals surface area contributed by atoms with E-state index in [4.69, 9.17) is 0 Å². The Labute approximate surface area is 127 Å². The van der Waals surface area contributed by atoms with E-state index >= 15 is 0 Å². The molecule has 1 aromatic rings. The lowest BCUT2D eigenvalue weighted by Crippen LogP contribution is -2.50. The van der Waals surface area contributed by atoms with Gasteiger partial charge in [-0.25, -0.2) is 4.39 Å². The van der Waals surface area contributed by atoms with E-state index in [1.54, 1.807) is 6.07 Å². The average molecular weight is 294 g/mol. The van der Waals surface area contributed by atoms with Crippen LogP contribution >= 0.6 is 0 Å². The number of benzene rings is 1. The van der Waals surface area contributed by atoms with Crippen molar-refractivity contribution in [1.29, 1.82) is 0 Å². The molecule has 0 bridgehead atoms. The first kappa shape index (κ1) is 17.6. The van der Waals surface area contributed by atoms with E-state index in [0.717, 1.165) is 24.0 Å². The zero-order valence-corrected chi connectivity index (χ0v) is 13.7. The van der Waals surface area contributed by atoms with Crippen LogP contribution < -0.4 is 10.6 Å². The first-order chi connectivity index (χ1) is 9.75. The number of rotatable bonds is 7. The van der Waals surface area contributed by atoms with Gasteiger partial charge in [0.25, 0.3) is 0 Å². The molecule has 0 aliphatic rings. The van der Waals surface area contributed by atoms with Crippen molar-refractivity contribution in [2.75, 3.05) is 6.54 Å². The predicted molar refractivity (Wildman–Crippen MR) is 84.8 cm³/mol. The maximum Gasteiger partial charge on any atom is 0.237 e. The summed E-state index contributed by atoms with van der Waals surface area (Å²) in [6, 6.07) is 4.57. The van der Waals surface area contributed by atoms with E-state index in [9.17, 15) is 9.18 Å². The fourth-order valence-corrected chi connectivity index (χ4v) is 1.99. The minimum Gasteiger partial charge on any atom is -0.350 e. The van der Waals surface area contributed by atoms with Gasteiger partial charge in [0.05, 0.1) is 6.04 Å². The monoisotopic (exact) mass is 294 g/mol. The van der Waals surface area contributed by atoms with E-state index in [2.05, 4.69) is 17.6 Å². The summed E-state index contributed by atoms with van der Waals surface area (Å²) in [5.41, 5.74) is 1.87. The second kappa shape index (κ2) is 7.55. The third kappa shape index (κ3) is 5.84. The smallest absolute Gasteiger partial charge is 0.237 e. The summed E-state index contributed by atoms with van der Waals surface area (Å²) in [5.74, 6) is -0.198. The van der Waals surface area contributed by atoms with Gasteiger partial charge in [-0.3, -0.25) is 4.79 Å². The van der Waals surface area contributed by atoms with Crippen molar-refractivity contribution in [1.82, 2.24) is 10.6 Å². The predicted octanol–water partition coefficient (Wildman–Crippen LogP) is 2.96. The highest BCUT2D eigenvalue weighted by Gasteiger charge is 2.21. The molecule has 4 heteroatoms. The van der Waals surface area contributed by atoms with Crippen molar-refractivity contribution in [3.05, 3.63) is 35.1 Å². The second-order valence-electron chi connectivity index (χ2n) is 6.22. The molecular weight excluding hydrogens is 267 g/mol. The molecule has 0 aromatic heterocycles. The molecule has 118 valence electrons. The number of halogens is 1. The van der Waals surface area contributed by atoms with Gasteiger partial charge in [-0.15, -0.1) is 0 Å². The molecule has 0 saturated carbocycles. The van der Waals surface area contributed by atoms with Gasteiger partial charge < -0.3 is 10.6 Å². The SMILES string of the molecule is CCC(C)(C)NC(=O)C(C)NCCc1ccc(F)cc1C. The Morgan fingerprint density at radius 3 is 2.62 bits per heavy atom. The number of carbonyl (C=O) groups excluding carboxylic acids is 1. The molecule has 0 heterocycles. The Morgan fingerprint density at radius 2 is 2.05 bits per heavy atom. The quantitative estimate of drug-likeness (QED) is 0.812. The average Bonchev–Trinajstić information content (AvgIpc) is 2.40. The van der Waals surface area contributed by atoms with Gasteiger partial charge >= 0.3 is 0 Å². The lowest BCUT2D eigenvalue weighted by atomic mass is 10.0. The van der Waals surface area contributed by atoms with Crippen LogP contribution in [0.3, 0.4) is 0 Å². The van der Waals surface area contributed by atoms with Crippen LogP contribution in [0.2, 0.25) is 0 Å². The summed E-state index contributed by atoms with van der Waals surface area (Å²) in [5, 5.41) is 6.24. The number of nitrogens with one attached hydrogen (secondary N) is 2. The summed E-state index contributed by atoms with van der Waals surface area (Å²) in [6.07, 6.45) is 1.67. The Bertz CT molecular complexity index is 486. The van der Waals surface area contributed by atoms with Crippen LogP contribution in [0.1, 0.15) is 45.2 Å². The highest BCUT2D eigenvalue weighted by Crippen LogP contribution is 2.10. The minimum atomic E-state index is -0.239. The standard InChI is InChI=1S/C17H27FN2O/c1-6-17(4,5)20-16(21)13(3)19-10-9-14-7-8-15(18)11-12(14)2/h7-8,11,13,19H,6,9-10H2,1-5H3,(H,20,21). The fraction of sp³-hybridized carbons (Fsp3) is 0.588. The topological polar surface area (TPSA) is 41.1 Å². The van der Waals surface area contributed by atoms with Crippen molar-refractivity contribution in [3.63, 3.8) is 0 Å². The maximum atomic E-state index is 13.0. The van der Waals surface area contributed by atoms with Crippen LogP contribution in [0, 0.1) is 12.7 Å². The van der Waals surface area contributed by atoms with Gasteiger partial charge in [-0.1, -0.05) is 13.0 Å². The number of hydrogen-bond acceptors (Lipinski definition) is 2. The number of aryl methyl sites for hydroxylation is 1. The van der Waals surface area contributed by atoms with Crippen molar-refractivity contribution < 1.29 is 9.18 Å². The molecule has 0 aliphatic heterocycles. The van der Waals surface area contributed by atoms with E-state index < -0.39 is 0 Å². The summed E-state index contributed by atoms with van der Waals surface area (Å²) < 4.78 is 13.0. The third-order valence-electron chi connectivity index (χ3n) is 3.89. The van der Waals surface area contributed by atoms with Gasteiger partial charge in [0.1, 0.15) is 5.82 Å². The van der Waals surface area contributed by atoms with Crippen LogP contribution in [0.5, 0.6) is 0 Å². The molecule has 21 heavy (non-hydrogen) atoms. The van der Waals surface area contributed by atoms with E-state index in [0.29, 0.717) is 6.54 Å². The van der Waals surface area contributed by atoms with Gasteiger partial charge in [0, 0.05) is 5.54 Å². The summed E-state index contributed by atoms with van der Waals surface area (Å²) in [4.78, 5) is 12.0. The number of amides is 1. The minimum absolute atomic E-state index is 0.0117. The zero-order valence-electron chi connectivity index (χ0n) is 13.7. The maximum absolute atomic E-state index is 13.0. The van der Waals surface area contributed by atoms with Crippen LogP contribution in [0.25, 0.3) is 0 Å². The van der Waals surface area contributed by atoms with Gasteiger partial charge in [0.15, 0.2) is 0 Å². The van der Waals surface area contributed by atoms with Crippen molar-refractivity contribution in [2.45, 2.75) is 59.0 Å². The zero-order chi connectivity index (χ0) is 16.0. The molecule has 0 spiro atoms. The summed E-state index contributed by atoms with van der Waals surface area (Å²) in [6.45, 7) is 10.5. The first-order valence-corrected chi connectivity index (χ1v) is 7.55.